The number of aromatic nitrogens is 1. The molecule has 15 heteroatoms. The number of nitrogens with zero attached hydrogens (tertiary/aromatic N) is 2. The van der Waals surface area contributed by atoms with Crippen molar-refractivity contribution < 1.29 is 28.7 Å². The van der Waals surface area contributed by atoms with Gasteiger partial charge in [-0.15, -0.1) is 11.3 Å². The first-order chi connectivity index (χ1) is 25.8. The van der Waals surface area contributed by atoms with Gasteiger partial charge in [-0.2, -0.15) is 11.8 Å². The maximum absolute atomic E-state index is 13.1. The van der Waals surface area contributed by atoms with Crippen molar-refractivity contribution in [3.05, 3.63) is 65.5 Å². The number of carbonyl (C=O) groups is 5. The van der Waals surface area contributed by atoms with Gasteiger partial charge in [-0.1, -0.05) is 55.3 Å². The van der Waals surface area contributed by atoms with Crippen molar-refractivity contribution in [2.75, 3.05) is 29.5 Å². The fraction of sp³-hybridized carbons (Fsp3) is 0.474. The molecule has 1 aromatic heterocycles. The van der Waals surface area contributed by atoms with Gasteiger partial charge in [0.1, 0.15) is 12.6 Å². The zero-order chi connectivity index (χ0) is 37.0. The van der Waals surface area contributed by atoms with Crippen molar-refractivity contribution >= 4 is 63.8 Å². The van der Waals surface area contributed by atoms with Crippen molar-refractivity contribution in [3.8, 4) is 11.3 Å². The van der Waals surface area contributed by atoms with Crippen LogP contribution in [0.4, 0.5) is 20.4 Å². The summed E-state index contributed by atoms with van der Waals surface area (Å²) in [4.78, 5) is 68.1. The van der Waals surface area contributed by atoms with E-state index in [0.717, 1.165) is 61.8 Å². The van der Waals surface area contributed by atoms with E-state index in [1.54, 1.807) is 0 Å². The zero-order valence-corrected chi connectivity index (χ0v) is 31.3. The number of anilines is 2. The molecule has 4 atom stereocenters. The highest BCUT2D eigenvalue weighted by atomic mass is 32.2. The molecule has 282 valence electrons. The number of benzene rings is 2. The Hall–Kier alpha value is -4.63. The summed E-state index contributed by atoms with van der Waals surface area (Å²) in [6, 6.07) is 16.6. The van der Waals surface area contributed by atoms with Gasteiger partial charge in [0.25, 0.3) is 0 Å². The summed E-state index contributed by atoms with van der Waals surface area (Å²) >= 11 is 3.20. The Morgan fingerprint density at radius 2 is 1.70 bits per heavy atom. The fourth-order valence-electron chi connectivity index (χ4n) is 6.84. The van der Waals surface area contributed by atoms with Gasteiger partial charge in [-0.05, 0) is 56.2 Å². The lowest BCUT2D eigenvalue weighted by molar-refractivity contribution is -0.121. The second-order valence-electron chi connectivity index (χ2n) is 13.6. The molecule has 0 bridgehead atoms. The van der Waals surface area contributed by atoms with Crippen molar-refractivity contribution in [2.24, 2.45) is 0 Å². The first kappa shape index (κ1) is 38.1. The Morgan fingerprint density at radius 3 is 2.53 bits per heavy atom. The molecule has 0 aliphatic carbocycles. The molecule has 13 nitrogen and oxygen atoms in total. The second-order valence-corrected chi connectivity index (χ2v) is 15.7. The van der Waals surface area contributed by atoms with Crippen LogP contribution in [-0.2, 0) is 25.7 Å². The number of amides is 6. The van der Waals surface area contributed by atoms with Gasteiger partial charge in [0.2, 0.25) is 17.7 Å². The smallest absolute Gasteiger partial charge is 0.410 e. The maximum Gasteiger partial charge on any atom is 0.410 e. The Morgan fingerprint density at radius 1 is 0.906 bits per heavy atom. The number of hydrogen-bond donors (Lipinski definition) is 5. The van der Waals surface area contributed by atoms with Crippen LogP contribution in [0.1, 0.15) is 69.8 Å². The predicted octanol–water partition coefficient (Wildman–Crippen LogP) is 5.89. The van der Waals surface area contributed by atoms with E-state index in [-0.39, 0.29) is 42.4 Å². The van der Waals surface area contributed by atoms with E-state index in [1.807, 2.05) is 71.7 Å². The number of thioether (sulfide) groups is 1. The zero-order valence-electron chi connectivity index (χ0n) is 29.6. The highest BCUT2D eigenvalue weighted by Crippen LogP contribution is 2.33. The van der Waals surface area contributed by atoms with E-state index in [0.29, 0.717) is 54.1 Å². The molecular weight excluding hydrogens is 715 g/mol. The SMILES string of the molecule is O=C(CCCCC1SC[C@@H]2NC(=O)N[C@H]12)NCCCCCC(=O)Nc1ccc(-c2csc(NC(=O)[C@@H]3CCCN3C(=O)OCc3ccccc3)n2)cc1. The third-order valence-corrected chi connectivity index (χ3v) is 11.9. The van der Waals surface area contributed by atoms with Crippen molar-refractivity contribution in [2.45, 2.75) is 94.2 Å². The lowest BCUT2D eigenvalue weighted by Gasteiger charge is -2.22. The van der Waals surface area contributed by atoms with Gasteiger partial charge < -0.3 is 31.3 Å². The van der Waals surface area contributed by atoms with Crippen LogP contribution in [0.5, 0.6) is 0 Å². The minimum Gasteiger partial charge on any atom is -0.445 e. The lowest BCUT2D eigenvalue weighted by Crippen LogP contribution is -2.43. The fourth-order valence-corrected chi connectivity index (χ4v) is 9.10. The largest absolute Gasteiger partial charge is 0.445 e. The standard InChI is InChI=1S/C38H47N7O6S2/c46-32(14-7-6-13-31-34-29(24-52-31)41-36(49)43-34)39-20-8-2-5-15-33(47)40-27-18-16-26(17-19-27)28-23-53-37(42-28)44-35(48)30-12-9-21-45(30)38(50)51-22-25-10-3-1-4-11-25/h1,3-4,10-11,16-19,23,29-31,34H,2,5-9,12-15,20-22,24H2,(H,39,46)(H,40,47)(H2,41,43,49)(H,42,44,48)/t29-,30-,31?,34-/m0/s1. The van der Waals surface area contributed by atoms with Crippen LogP contribution >= 0.6 is 23.1 Å². The van der Waals surface area contributed by atoms with Gasteiger partial charge in [-0.3, -0.25) is 19.3 Å². The number of thiazole rings is 1. The van der Waals surface area contributed by atoms with E-state index in [4.69, 9.17) is 4.74 Å². The van der Waals surface area contributed by atoms with Gasteiger partial charge in [0, 0.05) is 53.6 Å². The van der Waals surface area contributed by atoms with Crippen LogP contribution < -0.4 is 26.6 Å². The molecule has 0 spiro atoms. The molecule has 4 heterocycles. The van der Waals surface area contributed by atoms with Crippen molar-refractivity contribution in [3.63, 3.8) is 0 Å². The molecule has 0 saturated carbocycles. The van der Waals surface area contributed by atoms with Crippen LogP contribution in [0.3, 0.4) is 0 Å². The lowest BCUT2D eigenvalue weighted by atomic mass is 10.0. The molecule has 53 heavy (non-hydrogen) atoms. The average Bonchev–Trinajstić information content (AvgIpc) is 3.97. The Labute approximate surface area is 317 Å². The number of hydrogen-bond acceptors (Lipinski definition) is 9. The average molecular weight is 762 g/mol. The molecule has 3 fully saturated rings. The Balaban J connectivity index is 0.826. The highest BCUT2D eigenvalue weighted by molar-refractivity contribution is 8.00. The minimum absolute atomic E-state index is 0.0620. The van der Waals surface area contributed by atoms with Crippen LogP contribution in [0.25, 0.3) is 11.3 Å². The quantitative estimate of drug-likeness (QED) is 0.0838. The predicted molar refractivity (Wildman–Crippen MR) is 207 cm³/mol. The molecule has 6 amide bonds. The summed E-state index contributed by atoms with van der Waals surface area (Å²) in [5.41, 5.74) is 3.11. The van der Waals surface area contributed by atoms with Gasteiger partial charge >= 0.3 is 12.1 Å². The third-order valence-electron chi connectivity index (χ3n) is 9.68. The summed E-state index contributed by atoms with van der Waals surface area (Å²) in [5.74, 6) is 0.655. The van der Waals surface area contributed by atoms with E-state index < -0.39 is 12.1 Å². The van der Waals surface area contributed by atoms with Gasteiger partial charge in [0.05, 0.1) is 17.8 Å². The number of unbranched alkanes of at least 4 members (excludes halogenated alkanes) is 3. The van der Waals surface area contributed by atoms with E-state index in [9.17, 15) is 24.0 Å². The number of urea groups is 1. The number of carbonyl (C=O) groups excluding carboxylic acids is 5. The van der Waals surface area contributed by atoms with Crippen LogP contribution in [0.15, 0.2) is 60.0 Å². The number of rotatable bonds is 17. The molecule has 5 N–H and O–H groups in total. The molecular formula is C38H47N7O6S2. The summed E-state index contributed by atoms with van der Waals surface area (Å²) < 4.78 is 5.46. The van der Waals surface area contributed by atoms with Crippen LogP contribution in [0, 0.1) is 0 Å². The van der Waals surface area contributed by atoms with Crippen LogP contribution in [-0.4, -0.2) is 81.9 Å². The minimum atomic E-state index is -0.618. The monoisotopic (exact) mass is 761 g/mol. The van der Waals surface area contributed by atoms with Crippen LogP contribution in [0.2, 0.25) is 0 Å². The molecule has 3 aliphatic heterocycles. The summed E-state index contributed by atoms with van der Waals surface area (Å²) in [6.07, 6.45) is 6.86. The molecule has 3 aromatic rings. The molecule has 2 aromatic carbocycles. The van der Waals surface area contributed by atoms with Crippen molar-refractivity contribution in [1.29, 1.82) is 0 Å². The Bertz CT molecular complexity index is 1720. The van der Waals surface area contributed by atoms with Gasteiger partial charge in [-0.25, -0.2) is 14.6 Å². The van der Waals surface area contributed by atoms with Crippen molar-refractivity contribution in [1.82, 2.24) is 25.8 Å². The Kier molecular flexibility index (Phi) is 13.6. The number of ether oxygens (including phenoxy) is 1. The maximum atomic E-state index is 13.1. The number of nitrogens with one attached hydrogen (secondary N) is 5. The van der Waals surface area contributed by atoms with E-state index >= 15 is 0 Å². The van der Waals surface area contributed by atoms with E-state index in [1.165, 1.54) is 16.2 Å². The highest BCUT2D eigenvalue weighted by Gasteiger charge is 2.42. The molecule has 0 radical (unpaired) electrons. The summed E-state index contributed by atoms with van der Waals surface area (Å²) in [5, 5.41) is 17.5. The molecule has 1 unspecified atom stereocenters. The van der Waals surface area contributed by atoms with Gasteiger partial charge in [0.15, 0.2) is 5.13 Å². The molecule has 3 aliphatic rings. The first-order valence-corrected chi connectivity index (χ1v) is 20.3. The first-order valence-electron chi connectivity index (χ1n) is 18.4. The normalized spacial score (nSPS) is 20.3. The second kappa shape index (κ2) is 18.9. The number of fused-ring (bicyclic) bond motifs is 1. The molecule has 3 saturated heterocycles. The third kappa shape index (κ3) is 10.9. The summed E-state index contributed by atoms with van der Waals surface area (Å²) in [7, 11) is 0. The number of likely N-dealkylation sites (tertiary alicyclic amines) is 1. The summed E-state index contributed by atoms with van der Waals surface area (Å²) in [6.45, 7) is 1.21. The van der Waals surface area contributed by atoms with E-state index in [2.05, 4.69) is 31.6 Å². The topological polar surface area (TPSA) is 171 Å². The molecule has 6 rings (SSSR count).